The van der Waals surface area contributed by atoms with E-state index in [0.717, 1.165) is 5.56 Å². The van der Waals surface area contributed by atoms with Gasteiger partial charge in [0, 0.05) is 6.54 Å². The number of anilines is 1. The van der Waals surface area contributed by atoms with E-state index in [1.54, 1.807) is 50.6 Å². The lowest BCUT2D eigenvalue weighted by Gasteiger charge is -2.13. The molecule has 0 radical (unpaired) electrons. The monoisotopic (exact) mass is 434 g/mol. The summed E-state index contributed by atoms with van der Waals surface area (Å²) in [5.41, 5.74) is 1.81. The Bertz CT molecular complexity index is 1050. The molecular formula is C25H26N2O5. The first-order valence-corrected chi connectivity index (χ1v) is 10.2. The fourth-order valence-corrected chi connectivity index (χ4v) is 3.09. The molecule has 0 saturated heterocycles. The largest absolute Gasteiger partial charge is 0.493 e. The number of carbonyl (C=O) groups is 2. The van der Waals surface area contributed by atoms with Crippen molar-refractivity contribution in [2.45, 2.75) is 6.42 Å². The zero-order valence-corrected chi connectivity index (χ0v) is 18.1. The SMILES string of the molecule is COc1ccc(CCNC(=O)c2ccccc2NC(=O)COc2ccccc2)cc1OC. The van der Waals surface area contributed by atoms with E-state index in [9.17, 15) is 9.59 Å². The summed E-state index contributed by atoms with van der Waals surface area (Å²) in [5, 5.41) is 5.63. The fraction of sp³-hybridized carbons (Fsp3) is 0.200. The van der Waals surface area contributed by atoms with Crippen LogP contribution in [0.25, 0.3) is 0 Å². The molecule has 2 amide bonds. The number of para-hydroxylation sites is 2. The molecule has 0 spiro atoms. The van der Waals surface area contributed by atoms with Gasteiger partial charge in [0.15, 0.2) is 18.1 Å². The average Bonchev–Trinajstić information content (AvgIpc) is 2.83. The van der Waals surface area contributed by atoms with Gasteiger partial charge in [-0.1, -0.05) is 36.4 Å². The number of benzene rings is 3. The van der Waals surface area contributed by atoms with Crippen molar-refractivity contribution in [2.75, 3.05) is 32.7 Å². The molecule has 0 aromatic heterocycles. The summed E-state index contributed by atoms with van der Waals surface area (Å²) in [4.78, 5) is 25.0. The second-order valence-electron chi connectivity index (χ2n) is 6.89. The third kappa shape index (κ3) is 6.25. The molecule has 2 N–H and O–H groups in total. The van der Waals surface area contributed by atoms with E-state index in [-0.39, 0.29) is 18.4 Å². The minimum absolute atomic E-state index is 0.154. The maximum Gasteiger partial charge on any atom is 0.262 e. The predicted molar refractivity (Wildman–Crippen MR) is 123 cm³/mol. The number of carbonyl (C=O) groups excluding carboxylic acids is 2. The van der Waals surface area contributed by atoms with Gasteiger partial charge in [0.25, 0.3) is 11.8 Å². The lowest BCUT2D eigenvalue weighted by atomic mass is 10.1. The summed E-state index contributed by atoms with van der Waals surface area (Å²) < 4.78 is 16.0. The van der Waals surface area contributed by atoms with Crippen LogP contribution in [0.3, 0.4) is 0 Å². The van der Waals surface area contributed by atoms with Gasteiger partial charge < -0.3 is 24.8 Å². The number of methoxy groups -OCH3 is 2. The number of rotatable bonds is 10. The maximum atomic E-state index is 12.7. The van der Waals surface area contributed by atoms with E-state index in [1.165, 1.54) is 0 Å². The smallest absolute Gasteiger partial charge is 0.262 e. The van der Waals surface area contributed by atoms with E-state index < -0.39 is 0 Å². The first-order chi connectivity index (χ1) is 15.6. The highest BCUT2D eigenvalue weighted by atomic mass is 16.5. The molecule has 0 unspecified atom stereocenters. The molecule has 0 heterocycles. The van der Waals surface area contributed by atoms with Gasteiger partial charge in [-0.25, -0.2) is 0 Å². The van der Waals surface area contributed by atoms with E-state index >= 15 is 0 Å². The van der Waals surface area contributed by atoms with Gasteiger partial charge in [0.1, 0.15) is 5.75 Å². The van der Waals surface area contributed by atoms with E-state index in [0.29, 0.717) is 41.5 Å². The minimum Gasteiger partial charge on any atom is -0.493 e. The number of ether oxygens (including phenoxy) is 3. The Morgan fingerprint density at radius 2 is 1.56 bits per heavy atom. The van der Waals surface area contributed by atoms with Crippen LogP contribution in [0.2, 0.25) is 0 Å². The van der Waals surface area contributed by atoms with Crippen LogP contribution in [-0.2, 0) is 11.2 Å². The van der Waals surface area contributed by atoms with Crippen molar-refractivity contribution in [1.82, 2.24) is 5.32 Å². The number of hydrogen-bond donors (Lipinski definition) is 2. The van der Waals surface area contributed by atoms with Crippen LogP contribution in [0.4, 0.5) is 5.69 Å². The summed E-state index contributed by atoms with van der Waals surface area (Å²) in [6.45, 7) is 0.271. The fourth-order valence-electron chi connectivity index (χ4n) is 3.09. The number of amides is 2. The lowest BCUT2D eigenvalue weighted by Crippen LogP contribution is -2.28. The molecule has 0 aliphatic heterocycles. The highest BCUT2D eigenvalue weighted by Crippen LogP contribution is 2.27. The Morgan fingerprint density at radius 3 is 2.31 bits per heavy atom. The zero-order valence-electron chi connectivity index (χ0n) is 18.1. The molecule has 32 heavy (non-hydrogen) atoms. The van der Waals surface area contributed by atoms with Crippen molar-refractivity contribution in [1.29, 1.82) is 0 Å². The Labute approximate surface area is 187 Å². The summed E-state index contributed by atoms with van der Waals surface area (Å²) in [6.07, 6.45) is 0.617. The number of hydrogen-bond acceptors (Lipinski definition) is 5. The Hall–Kier alpha value is -4.00. The zero-order chi connectivity index (χ0) is 22.8. The highest BCUT2D eigenvalue weighted by molar-refractivity contribution is 6.04. The van der Waals surface area contributed by atoms with Crippen LogP contribution in [0.1, 0.15) is 15.9 Å². The normalized spacial score (nSPS) is 10.2. The molecule has 7 heteroatoms. The molecule has 0 atom stereocenters. The predicted octanol–water partition coefficient (Wildman–Crippen LogP) is 3.69. The van der Waals surface area contributed by atoms with Crippen molar-refractivity contribution in [3.8, 4) is 17.2 Å². The van der Waals surface area contributed by atoms with E-state index in [1.807, 2.05) is 36.4 Å². The molecule has 0 aliphatic carbocycles. The topological polar surface area (TPSA) is 85.9 Å². The van der Waals surface area contributed by atoms with Gasteiger partial charge in [0.2, 0.25) is 0 Å². The number of nitrogens with one attached hydrogen (secondary N) is 2. The summed E-state index contributed by atoms with van der Waals surface area (Å²) in [5.74, 6) is 1.27. The van der Waals surface area contributed by atoms with Gasteiger partial charge in [-0.05, 0) is 48.4 Å². The quantitative estimate of drug-likeness (QED) is 0.508. The summed E-state index contributed by atoms with van der Waals surface area (Å²) >= 11 is 0. The summed E-state index contributed by atoms with van der Waals surface area (Å²) in [7, 11) is 3.17. The van der Waals surface area contributed by atoms with Crippen molar-refractivity contribution in [3.63, 3.8) is 0 Å². The van der Waals surface area contributed by atoms with Crippen molar-refractivity contribution in [2.24, 2.45) is 0 Å². The summed E-state index contributed by atoms with van der Waals surface area (Å²) in [6, 6.07) is 21.6. The molecular weight excluding hydrogens is 408 g/mol. The minimum atomic E-state index is -0.348. The van der Waals surface area contributed by atoms with Gasteiger partial charge in [-0.3, -0.25) is 9.59 Å². The first-order valence-electron chi connectivity index (χ1n) is 10.2. The third-order valence-electron chi connectivity index (χ3n) is 4.71. The van der Waals surface area contributed by atoms with Crippen molar-refractivity contribution < 1.29 is 23.8 Å². The standard InChI is InChI=1S/C25H26N2O5/c1-30-22-13-12-18(16-23(22)31-2)14-15-26-25(29)20-10-6-7-11-21(20)27-24(28)17-32-19-8-4-3-5-9-19/h3-13,16H,14-15,17H2,1-2H3,(H,26,29)(H,27,28). The molecule has 166 valence electrons. The Balaban J connectivity index is 1.55. The van der Waals surface area contributed by atoms with Crippen LogP contribution in [-0.4, -0.2) is 39.2 Å². The first kappa shape index (κ1) is 22.7. The second kappa shape index (κ2) is 11.4. The Morgan fingerprint density at radius 1 is 0.844 bits per heavy atom. The molecule has 0 aliphatic rings. The van der Waals surface area contributed by atoms with Gasteiger partial charge in [-0.15, -0.1) is 0 Å². The average molecular weight is 434 g/mol. The van der Waals surface area contributed by atoms with Crippen molar-refractivity contribution in [3.05, 3.63) is 83.9 Å². The maximum absolute atomic E-state index is 12.7. The molecule has 3 rings (SSSR count). The van der Waals surface area contributed by atoms with Gasteiger partial charge >= 0.3 is 0 Å². The lowest BCUT2D eigenvalue weighted by molar-refractivity contribution is -0.118. The molecule has 0 saturated carbocycles. The van der Waals surface area contributed by atoms with E-state index in [2.05, 4.69) is 10.6 Å². The van der Waals surface area contributed by atoms with Crippen LogP contribution < -0.4 is 24.8 Å². The third-order valence-corrected chi connectivity index (χ3v) is 4.71. The van der Waals surface area contributed by atoms with Crippen LogP contribution in [0, 0.1) is 0 Å². The molecule has 3 aromatic rings. The van der Waals surface area contributed by atoms with Crippen LogP contribution >= 0.6 is 0 Å². The molecule has 3 aromatic carbocycles. The van der Waals surface area contributed by atoms with Gasteiger partial charge in [0.05, 0.1) is 25.5 Å². The highest BCUT2D eigenvalue weighted by Gasteiger charge is 2.13. The van der Waals surface area contributed by atoms with E-state index in [4.69, 9.17) is 14.2 Å². The van der Waals surface area contributed by atoms with Crippen LogP contribution in [0.5, 0.6) is 17.2 Å². The van der Waals surface area contributed by atoms with Gasteiger partial charge in [-0.2, -0.15) is 0 Å². The van der Waals surface area contributed by atoms with Crippen LogP contribution in [0.15, 0.2) is 72.8 Å². The van der Waals surface area contributed by atoms with Crippen molar-refractivity contribution >= 4 is 17.5 Å². The molecule has 0 bridgehead atoms. The molecule has 7 nitrogen and oxygen atoms in total. The Kier molecular flexibility index (Phi) is 8.09. The second-order valence-corrected chi connectivity index (χ2v) is 6.89. The molecule has 0 fully saturated rings.